The molecule has 0 saturated carbocycles. The Morgan fingerprint density at radius 3 is 2.24 bits per heavy atom. The van der Waals surface area contributed by atoms with E-state index < -0.39 is 23.2 Å². The van der Waals surface area contributed by atoms with E-state index in [2.05, 4.69) is 31.1 Å². The van der Waals surface area contributed by atoms with Gasteiger partial charge in [-0.1, -0.05) is 20.8 Å². The predicted molar refractivity (Wildman–Crippen MR) is 96.4 cm³/mol. The molecule has 1 aromatic heterocycles. The highest BCUT2D eigenvalue weighted by atomic mass is 16.3. The first-order valence-electron chi connectivity index (χ1n) is 7.85. The van der Waals surface area contributed by atoms with Crippen LogP contribution < -0.4 is 5.32 Å². The van der Waals surface area contributed by atoms with Gasteiger partial charge in [0.15, 0.2) is 17.2 Å². The molecule has 5 N–H and O–H groups in total. The van der Waals surface area contributed by atoms with Crippen LogP contribution in [0.5, 0.6) is 17.2 Å². The highest BCUT2D eigenvalue weighted by Crippen LogP contribution is 2.35. The Balaban J connectivity index is 1.88. The third-order valence-electron chi connectivity index (χ3n) is 4.02. The Morgan fingerprint density at radius 1 is 1.00 bits per heavy atom. The lowest BCUT2D eigenvalue weighted by Gasteiger charge is -2.15. The smallest absolute Gasteiger partial charge is 0.255 e. The summed E-state index contributed by atoms with van der Waals surface area (Å²) in [5.74, 6) is -2.27. The van der Waals surface area contributed by atoms with Gasteiger partial charge in [-0.3, -0.25) is 4.79 Å². The summed E-state index contributed by atoms with van der Waals surface area (Å²) in [7, 11) is 0. The van der Waals surface area contributed by atoms with Crippen molar-refractivity contribution in [3.63, 3.8) is 0 Å². The second-order valence-electron chi connectivity index (χ2n) is 7.05. The fourth-order valence-corrected chi connectivity index (χ4v) is 2.55. The Kier molecular flexibility index (Phi) is 3.83. The third kappa shape index (κ3) is 3.24. The van der Waals surface area contributed by atoms with E-state index in [4.69, 9.17) is 0 Å². The maximum absolute atomic E-state index is 12.3. The number of aromatic amines is 1. The number of anilines is 1. The number of hydrogen-bond donors (Lipinski definition) is 5. The van der Waals surface area contributed by atoms with Crippen molar-refractivity contribution in [1.82, 2.24) is 4.98 Å². The van der Waals surface area contributed by atoms with Gasteiger partial charge in [-0.05, 0) is 36.4 Å². The Morgan fingerprint density at radius 2 is 1.64 bits per heavy atom. The van der Waals surface area contributed by atoms with Crippen molar-refractivity contribution in [2.75, 3.05) is 5.32 Å². The van der Waals surface area contributed by atoms with Crippen molar-refractivity contribution in [2.24, 2.45) is 0 Å². The number of carbonyl (C=O) groups is 1. The lowest BCUT2D eigenvalue weighted by Crippen LogP contribution is -2.11. The van der Waals surface area contributed by atoms with Gasteiger partial charge in [0.1, 0.15) is 0 Å². The van der Waals surface area contributed by atoms with E-state index in [1.54, 1.807) is 6.07 Å². The zero-order valence-corrected chi connectivity index (χ0v) is 14.2. The molecule has 0 bridgehead atoms. The molecule has 6 nitrogen and oxygen atoms in total. The molecule has 25 heavy (non-hydrogen) atoms. The van der Waals surface area contributed by atoms with E-state index in [0.29, 0.717) is 5.69 Å². The van der Waals surface area contributed by atoms with Gasteiger partial charge in [0.25, 0.3) is 5.91 Å². The monoisotopic (exact) mass is 340 g/mol. The molecule has 0 unspecified atom stereocenters. The summed E-state index contributed by atoms with van der Waals surface area (Å²) in [6, 6.07) is 9.73. The topological polar surface area (TPSA) is 106 Å². The summed E-state index contributed by atoms with van der Waals surface area (Å²) in [6.07, 6.45) is 0. The van der Waals surface area contributed by atoms with Crippen LogP contribution in [0.15, 0.2) is 36.4 Å². The molecule has 0 radical (unpaired) electrons. The summed E-state index contributed by atoms with van der Waals surface area (Å²) < 4.78 is 0. The number of benzene rings is 2. The molecule has 1 amide bonds. The second kappa shape index (κ2) is 5.73. The number of hydrogen-bond acceptors (Lipinski definition) is 4. The fourth-order valence-electron chi connectivity index (χ4n) is 2.55. The van der Waals surface area contributed by atoms with Crippen LogP contribution in [0.2, 0.25) is 0 Å². The first-order valence-corrected chi connectivity index (χ1v) is 7.85. The fraction of sp³-hybridized carbons (Fsp3) is 0.211. The van der Waals surface area contributed by atoms with Crippen molar-refractivity contribution in [1.29, 1.82) is 0 Å². The SMILES string of the molecule is CC(C)(C)c1cc2cc(NC(=O)c3cc(O)c(O)c(O)c3)ccc2[nH]1. The molecular formula is C19H20N2O4. The highest BCUT2D eigenvalue weighted by molar-refractivity contribution is 6.05. The summed E-state index contributed by atoms with van der Waals surface area (Å²) in [6.45, 7) is 6.35. The number of carbonyl (C=O) groups excluding carboxylic acids is 1. The van der Waals surface area contributed by atoms with E-state index in [1.807, 2.05) is 18.2 Å². The zero-order valence-electron chi connectivity index (χ0n) is 14.2. The van der Waals surface area contributed by atoms with E-state index in [0.717, 1.165) is 28.7 Å². The number of phenolic OH excluding ortho intramolecular Hbond substituents is 3. The molecule has 0 spiro atoms. The average Bonchev–Trinajstić information content (AvgIpc) is 2.95. The van der Waals surface area contributed by atoms with Crippen molar-refractivity contribution >= 4 is 22.5 Å². The van der Waals surface area contributed by atoms with Gasteiger partial charge in [-0.15, -0.1) is 0 Å². The number of fused-ring (bicyclic) bond motifs is 1. The van der Waals surface area contributed by atoms with Gasteiger partial charge in [0.05, 0.1) is 0 Å². The molecule has 0 aliphatic carbocycles. The average molecular weight is 340 g/mol. The van der Waals surface area contributed by atoms with Crippen molar-refractivity contribution in [3.05, 3.63) is 47.7 Å². The first kappa shape index (κ1) is 16.7. The minimum absolute atomic E-state index is 0.0104. The number of aromatic hydroxyl groups is 3. The molecule has 2 aromatic carbocycles. The molecule has 0 fully saturated rings. The Labute approximate surface area is 144 Å². The molecule has 0 aliphatic heterocycles. The zero-order chi connectivity index (χ0) is 18.4. The van der Waals surface area contributed by atoms with Crippen LogP contribution in [-0.2, 0) is 5.41 Å². The number of amides is 1. The number of H-pyrrole nitrogens is 1. The second-order valence-corrected chi connectivity index (χ2v) is 7.05. The standard InChI is InChI=1S/C19H20N2O4/c1-19(2,3)16-9-10-6-12(4-5-13(10)21-16)20-18(25)11-7-14(22)17(24)15(23)8-11/h4-9,21-24H,1-3H3,(H,20,25). The molecule has 130 valence electrons. The lowest BCUT2D eigenvalue weighted by atomic mass is 9.92. The lowest BCUT2D eigenvalue weighted by molar-refractivity contribution is 0.102. The summed E-state index contributed by atoms with van der Waals surface area (Å²) in [5.41, 5.74) is 2.69. The maximum atomic E-state index is 12.3. The van der Waals surface area contributed by atoms with Crippen molar-refractivity contribution < 1.29 is 20.1 Å². The van der Waals surface area contributed by atoms with Crippen LogP contribution in [0.3, 0.4) is 0 Å². The molecule has 3 rings (SSSR count). The van der Waals surface area contributed by atoms with Crippen molar-refractivity contribution in [2.45, 2.75) is 26.2 Å². The van der Waals surface area contributed by atoms with Gasteiger partial charge in [0.2, 0.25) is 0 Å². The Hall–Kier alpha value is -3.15. The first-order chi connectivity index (χ1) is 11.6. The molecule has 3 aromatic rings. The van der Waals surface area contributed by atoms with Crippen LogP contribution in [-0.4, -0.2) is 26.2 Å². The van der Waals surface area contributed by atoms with E-state index in [9.17, 15) is 20.1 Å². The largest absolute Gasteiger partial charge is 0.504 e. The van der Waals surface area contributed by atoms with E-state index >= 15 is 0 Å². The number of aromatic nitrogens is 1. The van der Waals surface area contributed by atoms with Crippen LogP contribution in [0.4, 0.5) is 5.69 Å². The molecular weight excluding hydrogens is 320 g/mol. The minimum Gasteiger partial charge on any atom is -0.504 e. The van der Waals surface area contributed by atoms with Gasteiger partial charge in [-0.25, -0.2) is 0 Å². The van der Waals surface area contributed by atoms with Crippen LogP contribution in [0.25, 0.3) is 10.9 Å². The number of nitrogens with one attached hydrogen (secondary N) is 2. The van der Waals surface area contributed by atoms with Gasteiger partial charge < -0.3 is 25.6 Å². The summed E-state index contributed by atoms with van der Waals surface area (Å²) in [4.78, 5) is 15.7. The van der Waals surface area contributed by atoms with Crippen LogP contribution >= 0.6 is 0 Å². The van der Waals surface area contributed by atoms with Gasteiger partial charge >= 0.3 is 0 Å². The molecule has 6 heteroatoms. The third-order valence-corrected chi connectivity index (χ3v) is 4.02. The summed E-state index contributed by atoms with van der Waals surface area (Å²) >= 11 is 0. The summed E-state index contributed by atoms with van der Waals surface area (Å²) in [5, 5.41) is 32.1. The quantitative estimate of drug-likeness (QED) is 0.457. The number of rotatable bonds is 2. The van der Waals surface area contributed by atoms with Gasteiger partial charge in [-0.2, -0.15) is 0 Å². The Bertz CT molecular complexity index is 944. The van der Waals surface area contributed by atoms with Crippen molar-refractivity contribution in [3.8, 4) is 17.2 Å². The van der Waals surface area contributed by atoms with E-state index in [1.165, 1.54) is 0 Å². The van der Waals surface area contributed by atoms with Crippen LogP contribution in [0.1, 0.15) is 36.8 Å². The minimum atomic E-state index is -0.653. The normalized spacial score (nSPS) is 11.6. The molecule has 0 aliphatic rings. The number of phenols is 3. The molecule has 0 atom stereocenters. The predicted octanol–water partition coefficient (Wildman–Crippen LogP) is 3.83. The molecule has 0 saturated heterocycles. The van der Waals surface area contributed by atoms with Crippen LogP contribution in [0, 0.1) is 0 Å². The molecule has 1 heterocycles. The van der Waals surface area contributed by atoms with Gasteiger partial charge in [0, 0.05) is 33.3 Å². The highest BCUT2D eigenvalue weighted by Gasteiger charge is 2.17. The van der Waals surface area contributed by atoms with E-state index in [-0.39, 0.29) is 11.0 Å². The maximum Gasteiger partial charge on any atom is 0.255 e.